The summed E-state index contributed by atoms with van der Waals surface area (Å²) in [5.41, 5.74) is 2.44. The van der Waals surface area contributed by atoms with E-state index in [1.807, 2.05) is 77.9 Å². The molecule has 0 saturated heterocycles. The number of aromatic hydroxyl groups is 1. The molecule has 0 saturated carbocycles. The van der Waals surface area contributed by atoms with Crippen molar-refractivity contribution in [3.8, 4) is 11.5 Å². The van der Waals surface area contributed by atoms with Gasteiger partial charge in [-0.3, -0.25) is 14.4 Å². The maximum Gasteiger partial charge on any atom is 0.243 e. The normalized spacial score (nSPS) is 21.5. The number of rotatable bonds is 5. The number of fused-ring (bicyclic) bond motifs is 1. The fraction of sp³-hybridized carbons (Fsp3) is 0.559. The summed E-state index contributed by atoms with van der Waals surface area (Å²) in [6, 6.07) is 11.1. The van der Waals surface area contributed by atoms with Crippen LogP contribution in [-0.2, 0) is 32.6 Å². The number of phenolic OH excluding ortho intramolecular Hbond substituents is 1. The van der Waals surface area contributed by atoms with Gasteiger partial charge in [0.1, 0.15) is 30.2 Å². The van der Waals surface area contributed by atoms with Crippen LogP contribution in [0.15, 0.2) is 42.5 Å². The predicted molar refractivity (Wildman–Crippen MR) is 169 cm³/mol. The molecule has 2 aromatic rings. The second kappa shape index (κ2) is 15.8. The molecule has 5 N–H and O–H groups in total. The number of hydrogen-bond donors (Lipinski definition) is 5. The zero-order valence-electron chi connectivity index (χ0n) is 26.6. The molecular weight excluding hydrogens is 544 g/mol. The highest BCUT2D eigenvalue weighted by molar-refractivity contribution is 5.93. The van der Waals surface area contributed by atoms with Crippen LogP contribution >= 0.6 is 0 Å². The molecule has 3 amide bonds. The van der Waals surface area contributed by atoms with Gasteiger partial charge in [-0.15, -0.1) is 0 Å². The second-order valence-electron chi connectivity index (χ2n) is 12.7. The Bertz CT molecular complexity index is 1240. The molecule has 0 aliphatic carbocycles. The number of benzene rings is 2. The van der Waals surface area contributed by atoms with Crippen LogP contribution in [0.4, 0.5) is 0 Å². The Labute approximate surface area is 256 Å². The first kappa shape index (κ1) is 33.9. The zero-order chi connectivity index (χ0) is 31.6. The van der Waals surface area contributed by atoms with Gasteiger partial charge in [0.2, 0.25) is 17.7 Å². The minimum absolute atomic E-state index is 0.207. The number of amides is 3. The van der Waals surface area contributed by atoms with Gasteiger partial charge in [-0.2, -0.15) is 0 Å². The van der Waals surface area contributed by atoms with Gasteiger partial charge in [0, 0.05) is 13.1 Å². The van der Waals surface area contributed by atoms with Crippen LogP contribution in [0.1, 0.15) is 77.5 Å². The fourth-order valence-corrected chi connectivity index (χ4v) is 5.27. The lowest BCUT2D eigenvalue weighted by Crippen LogP contribution is -2.58. The summed E-state index contributed by atoms with van der Waals surface area (Å²) in [4.78, 5) is 40.3. The van der Waals surface area contributed by atoms with Crippen molar-refractivity contribution in [2.24, 2.45) is 5.92 Å². The minimum atomic E-state index is -0.823. The summed E-state index contributed by atoms with van der Waals surface area (Å²) in [7, 11) is 0. The van der Waals surface area contributed by atoms with E-state index in [2.05, 4.69) is 21.3 Å². The number of ether oxygens (including phenoxy) is 1. The van der Waals surface area contributed by atoms with E-state index in [-0.39, 0.29) is 34.8 Å². The van der Waals surface area contributed by atoms with Gasteiger partial charge in [-0.05, 0) is 65.8 Å². The van der Waals surface area contributed by atoms with Crippen molar-refractivity contribution in [3.63, 3.8) is 0 Å². The van der Waals surface area contributed by atoms with E-state index in [1.54, 1.807) is 6.07 Å². The number of para-hydroxylation sites is 1. The first-order valence-electron chi connectivity index (χ1n) is 15.6. The van der Waals surface area contributed by atoms with Crippen LogP contribution < -0.4 is 26.0 Å². The molecule has 2 aromatic carbocycles. The van der Waals surface area contributed by atoms with Crippen LogP contribution in [0.5, 0.6) is 11.5 Å². The van der Waals surface area contributed by atoms with Gasteiger partial charge in [-0.25, -0.2) is 0 Å². The van der Waals surface area contributed by atoms with E-state index >= 15 is 0 Å². The maximum atomic E-state index is 13.8. The fourth-order valence-electron chi connectivity index (χ4n) is 5.27. The molecular formula is C34H50N4O5. The average molecular weight is 595 g/mol. The molecule has 0 fully saturated rings. The Morgan fingerprint density at radius 2 is 1.70 bits per heavy atom. The first-order chi connectivity index (χ1) is 20.4. The first-order valence-corrected chi connectivity index (χ1v) is 15.6. The van der Waals surface area contributed by atoms with E-state index in [1.165, 1.54) is 0 Å². The Kier molecular flexibility index (Phi) is 12.4. The topological polar surface area (TPSA) is 129 Å². The molecule has 1 heterocycles. The minimum Gasteiger partial charge on any atom is -0.508 e. The standard InChI is InChI=1S/C34H50N4O5/c1-7-11-26-31(40)36-17-10-13-24-12-8-9-14-29(24)43-19-18-35-27(32(41)38-30(22(2)3)33(42)37-26)21-23-15-16-28(39)25(20-23)34(4,5)6/h8-9,12,14-16,20,22,26-27,30,35,39H,7,10-11,13,17-19,21H2,1-6H3,(H,36,40)(H,37,42)(H,38,41)/t26-,27+,30+/m0/s1. The molecule has 3 atom stereocenters. The molecule has 0 spiro atoms. The van der Waals surface area contributed by atoms with Crippen LogP contribution in [0, 0.1) is 5.92 Å². The Hall–Kier alpha value is -3.59. The predicted octanol–water partition coefficient (Wildman–Crippen LogP) is 3.76. The molecule has 3 rings (SSSR count). The number of phenols is 1. The van der Waals surface area contributed by atoms with Gasteiger partial charge in [-0.1, -0.05) is 78.3 Å². The van der Waals surface area contributed by atoms with Crippen molar-refractivity contribution in [2.75, 3.05) is 19.7 Å². The largest absolute Gasteiger partial charge is 0.508 e. The summed E-state index contributed by atoms with van der Waals surface area (Å²) in [5, 5.41) is 22.6. The maximum absolute atomic E-state index is 13.8. The van der Waals surface area contributed by atoms with E-state index in [0.29, 0.717) is 32.5 Å². The average Bonchev–Trinajstić information content (AvgIpc) is 2.95. The molecule has 0 bridgehead atoms. The van der Waals surface area contributed by atoms with E-state index in [4.69, 9.17) is 4.74 Å². The number of carbonyl (C=O) groups excluding carboxylic acids is 3. The Morgan fingerprint density at radius 3 is 2.40 bits per heavy atom. The highest BCUT2D eigenvalue weighted by atomic mass is 16.5. The molecule has 9 nitrogen and oxygen atoms in total. The van der Waals surface area contributed by atoms with Crippen LogP contribution in [0.3, 0.4) is 0 Å². The molecule has 43 heavy (non-hydrogen) atoms. The molecule has 0 radical (unpaired) electrons. The van der Waals surface area contributed by atoms with Gasteiger partial charge in [0.15, 0.2) is 0 Å². The van der Waals surface area contributed by atoms with Crippen molar-refractivity contribution in [3.05, 3.63) is 59.2 Å². The molecule has 1 aliphatic rings. The van der Waals surface area contributed by atoms with Crippen LogP contribution in [0.25, 0.3) is 0 Å². The lowest BCUT2D eigenvalue weighted by molar-refractivity contribution is -0.133. The zero-order valence-corrected chi connectivity index (χ0v) is 26.6. The third kappa shape index (κ3) is 9.99. The number of aryl methyl sites for hydroxylation is 1. The summed E-state index contributed by atoms with van der Waals surface area (Å²) in [6.07, 6.45) is 3.02. The van der Waals surface area contributed by atoms with E-state index < -0.39 is 18.1 Å². The SMILES string of the molecule is CCC[C@@H]1NC(=O)[C@@H](C(C)C)NC(=O)[C@@H](Cc2ccc(O)c(C(C)(C)C)c2)NCCOc2ccccc2CCCNC1=O. The Balaban J connectivity index is 1.91. The second-order valence-corrected chi connectivity index (χ2v) is 12.7. The number of carbonyl (C=O) groups is 3. The van der Waals surface area contributed by atoms with Crippen molar-refractivity contribution in [1.82, 2.24) is 21.3 Å². The van der Waals surface area contributed by atoms with Crippen molar-refractivity contribution < 1.29 is 24.2 Å². The summed E-state index contributed by atoms with van der Waals surface area (Å²) in [6.45, 7) is 13.0. The van der Waals surface area contributed by atoms with Crippen LogP contribution in [-0.4, -0.2) is 60.6 Å². The van der Waals surface area contributed by atoms with E-state index in [0.717, 1.165) is 41.7 Å². The molecule has 1 aliphatic heterocycles. The van der Waals surface area contributed by atoms with E-state index in [9.17, 15) is 19.5 Å². The van der Waals surface area contributed by atoms with Gasteiger partial charge in [0.05, 0.1) is 6.04 Å². The molecule has 0 aromatic heterocycles. The summed E-state index contributed by atoms with van der Waals surface area (Å²) in [5.74, 6) is -0.140. The number of nitrogens with one attached hydrogen (secondary N) is 4. The van der Waals surface area contributed by atoms with Crippen molar-refractivity contribution in [2.45, 2.75) is 97.2 Å². The van der Waals surface area contributed by atoms with Crippen LogP contribution in [0.2, 0.25) is 0 Å². The summed E-state index contributed by atoms with van der Waals surface area (Å²) >= 11 is 0. The lowest BCUT2D eigenvalue weighted by Gasteiger charge is -2.28. The quantitative estimate of drug-likeness (QED) is 0.359. The molecule has 9 heteroatoms. The van der Waals surface area contributed by atoms with Crippen molar-refractivity contribution >= 4 is 17.7 Å². The Morgan fingerprint density at radius 1 is 0.953 bits per heavy atom. The highest BCUT2D eigenvalue weighted by Crippen LogP contribution is 2.31. The highest BCUT2D eigenvalue weighted by Gasteiger charge is 2.31. The number of hydrogen-bond acceptors (Lipinski definition) is 6. The van der Waals surface area contributed by atoms with Crippen molar-refractivity contribution in [1.29, 1.82) is 0 Å². The third-order valence-electron chi connectivity index (χ3n) is 7.73. The molecule has 236 valence electrons. The smallest absolute Gasteiger partial charge is 0.243 e. The monoisotopic (exact) mass is 594 g/mol. The molecule has 0 unspecified atom stereocenters. The third-order valence-corrected chi connectivity index (χ3v) is 7.73. The summed E-state index contributed by atoms with van der Waals surface area (Å²) < 4.78 is 6.11. The lowest BCUT2D eigenvalue weighted by atomic mass is 9.84. The van der Waals surface area contributed by atoms with Gasteiger partial charge >= 0.3 is 0 Å². The van der Waals surface area contributed by atoms with Gasteiger partial charge in [0.25, 0.3) is 0 Å². The van der Waals surface area contributed by atoms with Gasteiger partial charge < -0.3 is 31.1 Å².